The second-order valence-electron chi connectivity index (χ2n) is 3.98. The number of nitrogens with one attached hydrogen (secondary N) is 1. The number of rotatable bonds is 5. The molecule has 1 aromatic carbocycles. The Hall–Kier alpha value is -1.06. The minimum Gasteiger partial charge on any atom is -0.468 e. The van der Waals surface area contributed by atoms with Gasteiger partial charge in [-0.25, -0.2) is 0 Å². The summed E-state index contributed by atoms with van der Waals surface area (Å²) in [7, 11) is 1.99. The normalized spacial score (nSPS) is 12.6. The molecule has 0 saturated heterocycles. The molecule has 2 rings (SSSR count). The summed E-state index contributed by atoms with van der Waals surface area (Å²) in [6.45, 7) is 0. The lowest BCUT2D eigenvalue weighted by Crippen LogP contribution is -2.16. The lowest BCUT2D eigenvalue weighted by atomic mass is 10.0. The van der Waals surface area contributed by atoms with Gasteiger partial charge in [0.1, 0.15) is 5.76 Å². The van der Waals surface area contributed by atoms with E-state index >= 15 is 0 Å². The highest BCUT2D eigenvalue weighted by Crippen LogP contribution is 2.23. The van der Waals surface area contributed by atoms with Crippen molar-refractivity contribution in [3.63, 3.8) is 0 Å². The molecule has 90 valence electrons. The molecule has 1 aromatic heterocycles. The van der Waals surface area contributed by atoms with Crippen LogP contribution in [0.1, 0.15) is 23.8 Å². The second-order valence-corrected chi connectivity index (χ2v) is 4.84. The maximum Gasteiger partial charge on any atom is 0.117 e. The van der Waals surface area contributed by atoms with Gasteiger partial charge >= 0.3 is 0 Å². The molecule has 0 saturated carbocycles. The van der Waals surface area contributed by atoms with E-state index in [4.69, 9.17) is 4.42 Å². The van der Waals surface area contributed by atoms with Crippen molar-refractivity contribution in [2.75, 3.05) is 7.05 Å². The SMILES string of the molecule is CNC(CCc1occc1Br)c1ccccc1. The summed E-state index contributed by atoms with van der Waals surface area (Å²) in [6.07, 6.45) is 3.66. The monoisotopic (exact) mass is 293 g/mol. The third-order valence-corrected chi connectivity index (χ3v) is 3.61. The van der Waals surface area contributed by atoms with E-state index in [1.807, 2.05) is 19.2 Å². The Morgan fingerprint density at radius 3 is 2.59 bits per heavy atom. The van der Waals surface area contributed by atoms with Gasteiger partial charge in [0.15, 0.2) is 0 Å². The molecule has 1 atom stereocenters. The van der Waals surface area contributed by atoms with Gasteiger partial charge in [-0.3, -0.25) is 0 Å². The van der Waals surface area contributed by atoms with Crippen LogP contribution in [0.2, 0.25) is 0 Å². The van der Waals surface area contributed by atoms with Crippen LogP contribution in [0.3, 0.4) is 0 Å². The average Bonchev–Trinajstić information content (AvgIpc) is 2.77. The maximum absolute atomic E-state index is 5.42. The first-order chi connectivity index (χ1) is 8.31. The lowest BCUT2D eigenvalue weighted by Gasteiger charge is -2.15. The third kappa shape index (κ3) is 3.20. The molecular formula is C14H16BrNO. The van der Waals surface area contributed by atoms with Crippen molar-refractivity contribution < 1.29 is 4.42 Å². The predicted octanol–water partition coefficient (Wildman–Crippen LogP) is 3.94. The van der Waals surface area contributed by atoms with Gasteiger partial charge in [0.05, 0.1) is 10.7 Å². The van der Waals surface area contributed by atoms with E-state index in [0.717, 1.165) is 23.1 Å². The van der Waals surface area contributed by atoms with Gasteiger partial charge in [-0.15, -0.1) is 0 Å². The van der Waals surface area contributed by atoms with Crippen LogP contribution in [0.4, 0.5) is 0 Å². The van der Waals surface area contributed by atoms with Crippen molar-refractivity contribution in [3.8, 4) is 0 Å². The van der Waals surface area contributed by atoms with Gasteiger partial charge in [0.2, 0.25) is 0 Å². The van der Waals surface area contributed by atoms with Gasteiger partial charge in [-0.1, -0.05) is 30.3 Å². The summed E-state index contributed by atoms with van der Waals surface area (Å²) in [6, 6.07) is 12.8. The number of hydrogen-bond acceptors (Lipinski definition) is 2. The molecule has 0 aliphatic heterocycles. The number of benzene rings is 1. The van der Waals surface area contributed by atoms with Crippen LogP contribution in [-0.2, 0) is 6.42 Å². The summed E-state index contributed by atoms with van der Waals surface area (Å²) < 4.78 is 6.48. The zero-order valence-electron chi connectivity index (χ0n) is 9.82. The number of hydrogen-bond donors (Lipinski definition) is 1. The molecule has 0 fully saturated rings. The van der Waals surface area contributed by atoms with Crippen molar-refractivity contribution >= 4 is 15.9 Å². The van der Waals surface area contributed by atoms with Gasteiger partial charge in [-0.05, 0) is 41.0 Å². The van der Waals surface area contributed by atoms with Crippen LogP contribution in [-0.4, -0.2) is 7.05 Å². The highest BCUT2D eigenvalue weighted by Gasteiger charge is 2.11. The number of aryl methyl sites for hydroxylation is 1. The molecule has 2 aromatic rings. The summed E-state index contributed by atoms with van der Waals surface area (Å²) in [5, 5.41) is 3.34. The number of furan rings is 1. The third-order valence-electron chi connectivity index (χ3n) is 2.90. The molecular weight excluding hydrogens is 278 g/mol. The van der Waals surface area contributed by atoms with Crippen molar-refractivity contribution in [3.05, 3.63) is 58.5 Å². The van der Waals surface area contributed by atoms with Gasteiger partial charge < -0.3 is 9.73 Å². The first kappa shape index (κ1) is 12.4. The zero-order chi connectivity index (χ0) is 12.1. The average molecular weight is 294 g/mol. The van der Waals surface area contributed by atoms with Crippen LogP contribution >= 0.6 is 15.9 Å². The predicted molar refractivity (Wildman–Crippen MR) is 73.0 cm³/mol. The van der Waals surface area contributed by atoms with E-state index in [0.29, 0.717) is 6.04 Å². The molecule has 17 heavy (non-hydrogen) atoms. The van der Waals surface area contributed by atoms with Crippen LogP contribution < -0.4 is 5.32 Å². The highest BCUT2D eigenvalue weighted by molar-refractivity contribution is 9.10. The van der Waals surface area contributed by atoms with Gasteiger partial charge in [0.25, 0.3) is 0 Å². The largest absolute Gasteiger partial charge is 0.468 e. The molecule has 0 amide bonds. The van der Waals surface area contributed by atoms with Gasteiger partial charge in [-0.2, -0.15) is 0 Å². The number of halogens is 1. The maximum atomic E-state index is 5.42. The van der Waals surface area contributed by atoms with E-state index in [9.17, 15) is 0 Å². The molecule has 1 N–H and O–H groups in total. The smallest absolute Gasteiger partial charge is 0.117 e. The zero-order valence-corrected chi connectivity index (χ0v) is 11.4. The fourth-order valence-corrected chi connectivity index (χ4v) is 2.34. The molecule has 3 heteroatoms. The van der Waals surface area contributed by atoms with Crippen LogP contribution in [0.25, 0.3) is 0 Å². The molecule has 0 aliphatic carbocycles. The second kappa shape index (κ2) is 6.03. The molecule has 0 aliphatic rings. The fourth-order valence-electron chi connectivity index (χ4n) is 1.94. The van der Waals surface area contributed by atoms with Crippen LogP contribution in [0.5, 0.6) is 0 Å². The minimum absolute atomic E-state index is 0.369. The lowest BCUT2D eigenvalue weighted by molar-refractivity contribution is 0.467. The van der Waals surface area contributed by atoms with E-state index in [1.54, 1.807) is 6.26 Å². The van der Waals surface area contributed by atoms with Crippen molar-refractivity contribution in [2.45, 2.75) is 18.9 Å². The van der Waals surface area contributed by atoms with E-state index in [2.05, 4.69) is 45.5 Å². The minimum atomic E-state index is 0.369. The van der Waals surface area contributed by atoms with Gasteiger partial charge in [0, 0.05) is 12.5 Å². The Bertz CT molecular complexity index is 452. The summed E-state index contributed by atoms with van der Waals surface area (Å²) >= 11 is 3.48. The van der Waals surface area contributed by atoms with Crippen molar-refractivity contribution in [1.82, 2.24) is 5.32 Å². The summed E-state index contributed by atoms with van der Waals surface area (Å²) in [4.78, 5) is 0. The molecule has 1 unspecified atom stereocenters. The van der Waals surface area contributed by atoms with Crippen molar-refractivity contribution in [2.24, 2.45) is 0 Å². The van der Waals surface area contributed by atoms with E-state index < -0.39 is 0 Å². The van der Waals surface area contributed by atoms with E-state index in [1.165, 1.54) is 5.56 Å². The fraction of sp³-hybridized carbons (Fsp3) is 0.286. The van der Waals surface area contributed by atoms with Crippen LogP contribution in [0.15, 0.2) is 51.6 Å². The molecule has 0 radical (unpaired) electrons. The highest BCUT2D eigenvalue weighted by atomic mass is 79.9. The Morgan fingerprint density at radius 2 is 2.00 bits per heavy atom. The van der Waals surface area contributed by atoms with Crippen molar-refractivity contribution in [1.29, 1.82) is 0 Å². The first-order valence-corrected chi connectivity index (χ1v) is 6.54. The standard InChI is InChI=1S/C14H16BrNO/c1-16-13(11-5-3-2-4-6-11)7-8-14-12(15)9-10-17-14/h2-6,9-10,13,16H,7-8H2,1H3. The Labute approximate surface area is 110 Å². The molecule has 0 bridgehead atoms. The quantitative estimate of drug-likeness (QED) is 0.903. The molecule has 0 spiro atoms. The topological polar surface area (TPSA) is 25.2 Å². The molecule has 2 nitrogen and oxygen atoms in total. The Kier molecular flexibility index (Phi) is 4.40. The van der Waals surface area contributed by atoms with Crippen LogP contribution in [0, 0.1) is 0 Å². The first-order valence-electron chi connectivity index (χ1n) is 5.75. The summed E-state index contributed by atoms with van der Waals surface area (Å²) in [5.74, 6) is 1.01. The molecule has 1 heterocycles. The van der Waals surface area contributed by atoms with E-state index in [-0.39, 0.29) is 0 Å². The Morgan fingerprint density at radius 1 is 1.24 bits per heavy atom. The summed E-state index contributed by atoms with van der Waals surface area (Å²) in [5.41, 5.74) is 1.32. The Balaban J connectivity index is 1.99.